The number of hydrogen-bond donors (Lipinski definition) is 3. The van der Waals surface area contributed by atoms with Crippen molar-refractivity contribution in [2.24, 2.45) is 0 Å². The molecule has 0 saturated heterocycles. The number of imide groups is 1. The van der Waals surface area contributed by atoms with Crippen molar-refractivity contribution in [3.05, 3.63) is 28.2 Å². The van der Waals surface area contributed by atoms with E-state index < -0.39 is 0 Å². The first-order chi connectivity index (χ1) is 12.4. The lowest BCUT2D eigenvalue weighted by molar-refractivity contribution is -0.908. The van der Waals surface area contributed by atoms with Crippen molar-refractivity contribution in [2.45, 2.75) is 57.7 Å². The molecule has 0 heterocycles. The predicted octanol–water partition coefficient (Wildman–Crippen LogP) is 2.02. The first-order valence-corrected chi connectivity index (χ1v) is 9.96. The van der Waals surface area contributed by atoms with Crippen molar-refractivity contribution in [1.82, 2.24) is 10.6 Å². The van der Waals surface area contributed by atoms with Crippen molar-refractivity contribution in [2.75, 3.05) is 14.2 Å². The van der Waals surface area contributed by atoms with Gasteiger partial charge in [-0.05, 0) is 38.0 Å². The zero-order valence-corrected chi connectivity index (χ0v) is 17.3. The van der Waals surface area contributed by atoms with E-state index >= 15 is 0 Å². The minimum absolute atomic E-state index is 0.183. The highest BCUT2D eigenvalue weighted by molar-refractivity contribution is 9.10. The molecule has 144 valence electrons. The Morgan fingerprint density at radius 1 is 1.31 bits per heavy atom. The summed E-state index contributed by atoms with van der Waals surface area (Å²) < 4.78 is 6.35. The number of ether oxygens (including phenoxy) is 1. The van der Waals surface area contributed by atoms with Gasteiger partial charge in [-0.3, -0.25) is 10.1 Å². The number of carbonyl (C=O) groups excluding carboxylic acids is 2. The zero-order chi connectivity index (χ0) is 19.1. The fraction of sp³-hybridized carbons (Fsp3) is 0.579. The normalized spacial score (nSPS) is 17.2. The molecule has 1 aliphatic carbocycles. The van der Waals surface area contributed by atoms with Crippen LogP contribution in [0.15, 0.2) is 22.7 Å². The number of nitrogens with one attached hydrogen (secondary N) is 3. The van der Waals surface area contributed by atoms with Crippen LogP contribution in [0.2, 0.25) is 0 Å². The molecule has 2 atom stereocenters. The SMILES string of the molecule is COc1ccc(Br)cc1C[NH+](C)[C@@H](C)C(=O)NC(=O)NC1CCCCC1. The van der Waals surface area contributed by atoms with Crippen molar-refractivity contribution in [1.29, 1.82) is 0 Å². The van der Waals surface area contributed by atoms with Gasteiger partial charge in [0.15, 0.2) is 6.04 Å². The molecule has 1 unspecified atom stereocenters. The number of quaternary nitrogens is 1. The third kappa shape index (κ3) is 5.99. The van der Waals surface area contributed by atoms with Gasteiger partial charge in [0.2, 0.25) is 0 Å². The van der Waals surface area contributed by atoms with Crippen molar-refractivity contribution in [3.8, 4) is 5.75 Å². The van der Waals surface area contributed by atoms with Crippen LogP contribution in [-0.4, -0.2) is 38.2 Å². The molecule has 6 nitrogen and oxygen atoms in total. The van der Waals surface area contributed by atoms with E-state index in [2.05, 4.69) is 26.6 Å². The number of halogens is 1. The van der Waals surface area contributed by atoms with E-state index in [1.807, 2.05) is 32.2 Å². The van der Waals surface area contributed by atoms with Gasteiger partial charge in [-0.15, -0.1) is 0 Å². The fourth-order valence-corrected chi connectivity index (χ4v) is 3.66. The van der Waals surface area contributed by atoms with Crippen LogP contribution in [0.5, 0.6) is 5.75 Å². The summed E-state index contributed by atoms with van der Waals surface area (Å²) in [5.41, 5.74) is 1.01. The molecule has 0 aromatic heterocycles. The molecule has 0 aliphatic heterocycles. The van der Waals surface area contributed by atoms with Crippen molar-refractivity contribution >= 4 is 27.9 Å². The number of hydrogen-bond acceptors (Lipinski definition) is 3. The summed E-state index contributed by atoms with van der Waals surface area (Å²) in [5.74, 6) is 0.514. The van der Waals surface area contributed by atoms with Crippen molar-refractivity contribution in [3.63, 3.8) is 0 Å². The third-order valence-corrected chi connectivity index (χ3v) is 5.51. The van der Waals surface area contributed by atoms with Gasteiger partial charge in [0.25, 0.3) is 5.91 Å². The van der Waals surface area contributed by atoms with Gasteiger partial charge >= 0.3 is 6.03 Å². The Bertz CT molecular complexity index is 632. The lowest BCUT2D eigenvalue weighted by Crippen LogP contribution is -3.12. The average molecular weight is 427 g/mol. The van der Waals surface area contributed by atoms with Crippen LogP contribution in [0.4, 0.5) is 4.79 Å². The maximum atomic E-state index is 12.4. The maximum Gasteiger partial charge on any atom is 0.321 e. The second-order valence-electron chi connectivity index (χ2n) is 7.00. The smallest absolute Gasteiger partial charge is 0.321 e. The number of amides is 3. The monoisotopic (exact) mass is 426 g/mol. The molecule has 26 heavy (non-hydrogen) atoms. The van der Waals surface area contributed by atoms with Gasteiger partial charge in [-0.2, -0.15) is 0 Å². The average Bonchev–Trinajstić information content (AvgIpc) is 2.61. The number of methoxy groups -OCH3 is 1. The highest BCUT2D eigenvalue weighted by Gasteiger charge is 2.25. The Morgan fingerprint density at radius 2 is 2.00 bits per heavy atom. The summed E-state index contributed by atoms with van der Waals surface area (Å²) in [6.07, 6.45) is 5.48. The van der Waals surface area contributed by atoms with E-state index in [4.69, 9.17) is 4.74 Å². The van der Waals surface area contributed by atoms with Gasteiger partial charge in [-0.25, -0.2) is 4.79 Å². The number of likely N-dealkylation sites (N-methyl/N-ethyl adjacent to an activating group) is 1. The predicted molar refractivity (Wildman–Crippen MR) is 104 cm³/mol. The quantitative estimate of drug-likeness (QED) is 0.651. The van der Waals surface area contributed by atoms with Gasteiger partial charge in [0, 0.05) is 16.1 Å². The minimum Gasteiger partial charge on any atom is -0.496 e. The Labute approximate surface area is 163 Å². The van der Waals surface area contributed by atoms with E-state index in [0.29, 0.717) is 6.54 Å². The lowest BCUT2D eigenvalue weighted by atomic mass is 9.96. The summed E-state index contributed by atoms with van der Waals surface area (Å²) >= 11 is 3.46. The van der Waals surface area contributed by atoms with E-state index in [1.165, 1.54) is 6.42 Å². The Balaban J connectivity index is 1.88. The lowest BCUT2D eigenvalue weighted by Gasteiger charge is -2.24. The topological polar surface area (TPSA) is 71.9 Å². The number of urea groups is 1. The molecule has 0 bridgehead atoms. The molecule has 1 saturated carbocycles. The van der Waals surface area contributed by atoms with Crippen LogP contribution in [0, 0.1) is 0 Å². The molecule has 1 aromatic rings. The van der Waals surface area contributed by atoms with Crippen molar-refractivity contribution < 1.29 is 19.2 Å². The number of carbonyl (C=O) groups is 2. The fourth-order valence-electron chi connectivity index (χ4n) is 3.25. The molecule has 0 radical (unpaired) electrons. The van der Waals surface area contributed by atoms with E-state index in [9.17, 15) is 9.59 Å². The molecule has 1 aliphatic rings. The first kappa shape index (κ1) is 20.7. The Hall–Kier alpha value is -1.60. The molecular weight excluding hydrogens is 398 g/mol. The highest BCUT2D eigenvalue weighted by atomic mass is 79.9. The first-order valence-electron chi connectivity index (χ1n) is 9.16. The minimum atomic E-state index is -0.387. The van der Waals surface area contributed by atoms with E-state index in [0.717, 1.165) is 46.4 Å². The molecule has 1 fully saturated rings. The summed E-state index contributed by atoms with van der Waals surface area (Å²) in [4.78, 5) is 25.5. The van der Waals surface area contributed by atoms with E-state index in [-0.39, 0.29) is 24.0 Å². The van der Waals surface area contributed by atoms with Crippen LogP contribution >= 0.6 is 15.9 Å². The summed E-state index contributed by atoms with van der Waals surface area (Å²) in [6, 6.07) is 5.24. The summed E-state index contributed by atoms with van der Waals surface area (Å²) in [7, 11) is 3.57. The van der Waals surface area contributed by atoms with Gasteiger partial charge in [0.1, 0.15) is 12.3 Å². The molecule has 1 aromatic carbocycles. The summed E-state index contributed by atoms with van der Waals surface area (Å²) in [5, 5.41) is 5.40. The summed E-state index contributed by atoms with van der Waals surface area (Å²) in [6.45, 7) is 2.43. The Morgan fingerprint density at radius 3 is 2.65 bits per heavy atom. The molecular formula is C19H29BrN3O3+. The van der Waals surface area contributed by atoms with Gasteiger partial charge in [-0.1, -0.05) is 35.2 Å². The largest absolute Gasteiger partial charge is 0.496 e. The highest BCUT2D eigenvalue weighted by Crippen LogP contribution is 2.22. The third-order valence-electron chi connectivity index (χ3n) is 5.02. The van der Waals surface area contributed by atoms with Gasteiger partial charge in [0.05, 0.1) is 14.2 Å². The second kappa shape index (κ2) is 9.92. The standard InChI is InChI=1S/C19H28BrN3O3/c1-13(18(24)22-19(25)21-16-7-5-4-6-8-16)23(2)12-14-11-15(20)9-10-17(14)26-3/h9-11,13,16H,4-8,12H2,1-3H3,(H2,21,22,24,25)/p+1/t13-/m0/s1. The van der Waals surface area contributed by atoms with Gasteiger partial charge < -0.3 is 15.0 Å². The van der Waals surface area contributed by atoms with Crippen LogP contribution < -0.4 is 20.3 Å². The van der Waals surface area contributed by atoms with Crippen LogP contribution in [0.1, 0.15) is 44.6 Å². The molecule has 3 amide bonds. The molecule has 2 rings (SSSR count). The number of rotatable bonds is 6. The maximum absolute atomic E-state index is 12.4. The zero-order valence-electron chi connectivity index (χ0n) is 15.7. The molecule has 7 heteroatoms. The van der Waals surface area contributed by atoms with Crippen LogP contribution in [-0.2, 0) is 11.3 Å². The molecule has 3 N–H and O–H groups in total. The van der Waals surface area contributed by atoms with E-state index in [1.54, 1.807) is 7.11 Å². The Kier molecular flexibility index (Phi) is 7.90. The second-order valence-corrected chi connectivity index (χ2v) is 7.91. The molecule has 0 spiro atoms. The van der Waals surface area contributed by atoms with Crippen LogP contribution in [0.3, 0.4) is 0 Å². The van der Waals surface area contributed by atoms with Crippen LogP contribution in [0.25, 0.3) is 0 Å². The number of benzene rings is 1.